The molecule has 2 aliphatic rings. The predicted octanol–water partition coefficient (Wildman–Crippen LogP) is 2.28. The van der Waals surface area contributed by atoms with Crippen molar-refractivity contribution in [1.82, 2.24) is 14.3 Å². The Morgan fingerprint density at radius 2 is 2.03 bits per heavy atom. The number of carbonyl (C=O) groups excluding carboxylic acids is 1. The van der Waals surface area contributed by atoms with Gasteiger partial charge in [-0.2, -0.15) is 0 Å². The van der Waals surface area contributed by atoms with E-state index in [4.69, 9.17) is 22.3 Å². The Kier molecular flexibility index (Phi) is 5.61. The van der Waals surface area contributed by atoms with Crippen LogP contribution in [0.1, 0.15) is 30.4 Å². The SMILES string of the molecule is Cc1ccc2nc(N3CCCC3)c(/C=C3/SC(=S)N(CCC(=O)O)C3=O)c(=O)n2c1. The summed E-state index contributed by atoms with van der Waals surface area (Å²) in [4.78, 5) is 45.4. The van der Waals surface area contributed by atoms with Gasteiger partial charge in [-0.05, 0) is 37.5 Å². The summed E-state index contributed by atoms with van der Waals surface area (Å²) in [6.45, 7) is 3.50. The van der Waals surface area contributed by atoms with Crippen LogP contribution in [-0.4, -0.2) is 55.2 Å². The summed E-state index contributed by atoms with van der Waals surface area (Å²) in [6, 6.07) is 3.72. The van der Waals surface area contributed by atoms with Crippen LogP contribution >= 0.6 is 24.0 Å². The Morgan fingerprint density at radius 3 is 2.73 bits per heavy atom. The molecule has 0 saturated carbocycles. The van der Waals surface area contributed by atoms with E-state index in [2.05, 4.69) is 4.90 Å². The van der Waals surface area contributed by atoms with Crippen molar-refractivity contribution >= 4 is 57.7 Å². The zero-order valence-corrected chi connectivity index (χ0v) is 18.0. The Bertz CT molecular complexity index is 1150. The lowest BCUT2D eigenvalue weighted by atomic mass is 10.2. The van der Waals surface area contributed by atoms with E-state index in [9.17, 15) is 14.4 Å². The lowest BCUT2D eigenvalue weighted by molar-refractivity contribution is -0.137. The molecule has 2 fully saturated rings. The third kappa shape index (κ3) is 3.84. The number of fused-ring (bicyclic) bond motifs is 1. The fourth-order valence-corrected chi connectivity index (χ4v) is 4.86. The van der Waals surface area contributed by atoms with Crippen LogP contribution in [0.5, 0.6) is 0 Å². The molecule has 2 aromatic heterocycles. The van der Waals surface area contributed by atoms with Gasteiger partial charge in [0.25, 0.3) is 11.5 Å². The minimum absolute atomic E-state index is 0.00443. The van der Waals surface area contributed by atoms with Crippen LogP contribution in [0.15, 0.2) is 28.0 Å². The third-order valence-corrected chi connectivity index (χ3v) is 6.47. The van der Waals surface area contributed by atoms with Crippen molar-refractivity contribution in [3.63, 3.8) is 0 Å². The van der Waals surface area contributed by atoms with Crippen molar-refractivity contribution in [2.24, 2.45) is 0 Å². The molecule has 2 aliphatic heterocycles. The van der Waals surface area contributed by atoms with Gasteiger partial charge in [-0.15, -0.1) is 0 Å². The van der Waals surface area contributed by atoms with Gasteiger partial charge in [0.15, 0.2) is 0 Å². The topological polar surface area (TPSA) is 95.2 Å². The summed E-state index contributed by atoms with van der Waals surface area (Å²) in [6.07, 6.45) is 5.13. The number of aromatic nitrogens is 2. The third-order valence-electron chi connectivity index (χ3n) is 5.09. The number of carbonyl (C=O) groups is 2. The summed E-state index contributed by atoms with van der Waals surface area (Å²) in [7, 11) is 0. The fraction of sp³-hybridized carbons (Fsp3) is 0.350. The molecule has 4 heterocycles. The summed E-state index contributed by atoms with van der Waals surface area (Å²) in [5.74, 6) is -0.818. The number of anilines is 1. The van der Waals surface area contributed by atoms with Crippen molar-refractivity contribution in [3.8, 4) is 0 Å². The van der Waals surface area contributed by atoms with Gasteiger partial charge in [-0.3, -0.25) is 23.7 Å². The maximum atomic E-state index is 13.3. The smallest absolute Gasteiger partial charge is 0.305 e. The zero-order valence-electron chi connectivity index (χ0n) is 16.3. The van der Waals surface area contributed by atoms with Crippen molar-refractivity contribution in [2.45, 2.75) is 26.2 Å². The molecule has 1 N–H and O–H groups in total. The number of thioether (sulfide) groups is 1. The molecule has 0 bridgehead atoms. The van der Waals surface area contributed by atoms with Crippen LogP contribution < -0.4 is 10.5 Å². The van der Waals surface area contributed by atoms with E-state index in [1.165, 1.54) is 9.30 Å². The maximum Gasteiger partial charge on any atom is 0.305 e. The van der Waals surface area contributed by atoms with Crippen molar-refractivity contribution < 1.29 is 14.7 Å². The first-order chi connectivity index (χ1) is 14.3. The summed E-state index contributed by atoms with van der Waals surface area (Å²) < 4.78 is 1.78. The number of carboxylic acid groups (broad SMARTS) is 1. The van der Waals surface area contributed by atoms with Crippen LogP contribution in [0.3, 0.4) is 0 Å². The molecule has 0 radical (unpaired) electrons. The summed E-state index contributed by atoms with van der Waals surface area (Å²) in [5.41, 5.74) is 1.57. The second-order valence-electron chi connectivity index (χ2n) is 7.26. The Labute approximate surface area is 182 Å². The largest absolute Gasteiger partial charge is 0.481 e. The molecule has 30 heavy (non-hydrogen) atoms. The number of thiocarbonyl (C=S) groups is 1. The standard InChI is InChI=1S/C20H20N4O4S2/c1-12-4-5-15-21-17(22-7-2-3-8-22)13(18(27)24(15)11-12)10-14-19(28)23(20(29)30-14)9-6-16(25)26/h4-5,10-11H,2-3,6-9H2,1H3,(H,25,26)/b14-10+. The predicted molar refractivity (Wildman–Crippen MR) is 120 cm³/mol. The second kappa shape index (κ2) is 8.19. The van der Waals surface area contributed by atoms with Crippen molar-refractivity contribution in [2.75, 3.05) is 24.5 Å². The highest BCUT2D eigenvalue weighted by Crippen LogP contribution is 2.34. The number of hydrogen-bond acceptors (Lipinski definition) is 7. The fourth-order valence-electron chi connectivity index (χ4n) is 3.57. The maximum absolute atomic E-state index is 13.3. The first-order valence-corrected chi connectivity index (χ1v) is 10.8. The molecular formula is C20H20N4O4S2. The molecule has 156 valence electrons. The molecule has 8 nitrogen and oxygen atoms in total. The van der Waals surface area contributed by atoms with Crippen molar-refractivity contribution in [1.29, 1.82) is 0 Å². The molecule has 0 spiro atoms. The van der Waals surface area contributed by atoms with E-state index >= 15 is 0 Å². The van der Waals surface area contributed by atoms with Crippen LogP contribution in [0.25, 0.3) is 11.7 Å². The highest BCUT2D eigenvalue weighted by molar-refractivity contribution is 8.26. The Hall–Kier alpha value is -2.72. The van der Waals surface area contributed by atoms with Gasteiger partial charge in [0.05, 0.1) is 16.9 Å². The average Bonchev–Trinajstić information content (AvgIpc) is 3.32. The van der Waals surface area contributed by atoms with Gasteiger partial charge in [-0.1, -0.05) is 30.0 Å². The molecule has 0 aliphatic carbocycles. The van der Waals surface area contributed by atoms with Gasteiger partial charge in [-0.25, -0.2) is 4.98 Å². The van der Waals surface area contributed by atoms with Crippen LogP contribution in [0, 0.1) is 6.92 Å². The minimum Gasteiger partial charge on any atom is -0.481 e. The van der Waals surface area contributed by atoms with E-state index < -0.39 is 5.97 Å². The number of rotatable bonds is 5. The van der Waals surface area contributed by atoms with Crippen LogP contribution in [0.4, 0.5) is 5.82 Å². The van der Waals surface area contributed by atoms with Gasteiger partial charge >= 0.3 is 5.97 Å². The first-order valence-electron chi connectivity index (χ1n) is 9.60. The first kappa shape index (κ1) is 20.5. The zero-order chi connectivity index (χ0) is 21.4. The molecule has 0 unspecified atom stereocenters. The highest BCUT2D eigenvalue weighted by atomic mass is 32.2. The number of carboxylic acids is 1. The number of pyridine rings is 1. The van der Waals surface area contributed by atoms with Gasteiger partial charge in [0, 0.05) is 25.8 Å². The van der Waals surface area contributed by atoms with Crippen LogP contribution in [0.2, 0.25) is 0 Å². The average molecular weight is 445 g/mol. The lowest BCUT2D eigenvalue weighted by Crippen LogP contribution is -2.30. The van der Waals surface area contributed by atoms with E-state index in [1.807, 2.05) is 19.1 Å². The Morgan fingerprint density at radius 1 is 1.30 bits per heavy atom. The van der Waals surface area contributed by atoms with E-state index in [0.29, 0.717) is 26.3 Å². The highest BCUT2D eigenvalue weighted by Gasteiger charge is 2.33. The molecule has 0 aromatic carbocycles. The van der Waals surface area contributed by atoms with Gasteiger partial charge in [0.2, 0.25) is 0 Å². The molecule has 1 amide bonds. The quantitative estimate of drug-likeness (QED) is 0.554. The van der Waals surface area contributed by atoms with Gasteiger partial charge < -0.3 is 10.0 Å². The monoisotopic (exact) mass is 444 g/mol. The molecule has 10 heteroatoms. The number of hydrogen-bond donors (Lipinski definition) is 1. The molecule has 2 aromatic rings. The van der Waals surface area contributed by atoms with Crippen LogP contribution in [-0.2, 0) is 9.59 Å². The number of amides is 1. The van der Waals surface area contributed by atoms with E-state index in [1.54, 1.807) is 12.3 Å². The van der Waals surface area contributed by atoms with E-state index in [0.717, 1.165) is 43.3 Å². The number of aliphatic carboxylic acids is 1. The normalized spacial score (nSPS) is 18.2. The van der Waals surface area contributed by atoms with E-state index in [-0.39, 0.29) is 24.4 Å². The van der Waals surface area contributed by atoms with Gasteiger partial charge in [0.1, 0.15) is 15.8 Å². The second-order valence-corrected chi connectivity index (χ2v) is 8.94. The van der Waals surface area contributed by atoms with Crippen molar-refractivity contribution in [3.05, 3.63) is 44.7 Å². The minimum atomic E-state index is -1.00. The number of nitrogens with zero attached hydrogens (tertiary/aromatic N) is 4. The molecule has 2 saturated heterocycles. The molecule has 4 rings (SSSR count). The summed E-state index contributed by atoms with van der Waals surface area (Å²) >= 11 is 6.33. The summed E-state index contributed by atoms with van der Waals surface area (Å²) in [5, 5.41) is 8.90. The molecule has 0 atom stereocenters. The number of aryl methyl sites for hydroxylation is 1. The Balaban J connectivity index is 1.81. The molecular weight excluding hydrogens is 424 g/mol. The lowest BCUT2D eigenvalue weighted by Gasteiger charge is -2.19.